The van der Waals surface area contributed by atoms with E-state index in [1.165, 1.54) is 17.0 Å². The molecule has 1 aromatic carbocycles. The van der Waals surface area contributed by atoms with Crippen LogP contribution in [0.1, 0.15) is 17.5 Å². The molecule has 1 N–H and O–H groups in total. The van der Waals surface area contributed by atoms with Crippen molar-refractivity contribution in [3.05, 3.63) is 35.4 Å². The second kappa shape index (κ2) is 7.12. The van der Waals surface area contributed by atoms with Crippen LogP contribution in [0.25, 0.3) is 0 Å². The van der Waals surface area contributed by atoms with Crippen LogP contribution in [0.4, 0.5) is 13.2 Å². The highest BCUT2D eigenvalue weighted by molar-refractivity contribution is 5.90. The molecule has 0 radical (unpaired) electrons. The first kappa shape index (κ1) is 18.8. The molecule has 136 valence electrons. The van der Waals surface area contributed by atoms with Crippen LogP contribution in [0.15, 0.2) is 24.3 Å². The number of benzene rings is 1. The summed E-state index contributed by atoms with van der Waals surface area (Å²) in [6.45, 7) is -0.535. The lowest BCUT2D eigenvalue weighted by molar-refractivity contribution is -0.146. The predicted molar refractivity (Wildman–Crippen MR) is 80.2 cm³/mol. The van der Waals surface area contributed by atoms with E-state index in [2.05, 4.69) is 0 Å². The SMILES string of the molecule is CN1CC(C(=O)N(CC(=O)O)Cc2ccc(C(F)(F)F)cc2)CC1=O. The molecule has 1 fully saturated rings. The molecule has 0 aliphatic carbocycles. The third kappa shape index (κ3) is 4.71. The molecule has 2 rings (SSSR count). The maximum atomic E-state index is 12.6. The average Bonchev–Trinajstić information content (AvgIpc) is 2.84. The van der Waals surface area contributed by atoms with Gasteiger partial charge in [0.15, 0.2) is 0 Å². The van der Waals surface area contributed by atoms with Crippen molar-refractivity contribution in [3.63, 3.8) is 0 Å². The summed E-state index contributed by atoms with van der Waals surface area (Å²) in [5.74, 6) is -2.59. The number of likely N-dealkylation sites (tertiary alicyclic amines) is 1. The summed E-state index contributed by atoms with van der Waals surface area (Å²) >= 11 is 0. The molecule has 6 nitrogen and oxygen atoms in total. The van der Waals surface area contributed by atoms with Crippen molar-refractivity contribution in [1.29, 1.82) is 0 Å². The van der Waals surface area contributed by atoms with Gasteiger partial charge in [-0.05, 0) is 17.7 Å². The van der Waals surface area contributed by atoms with Gasteiger partial charge in [0.2, 0.25) is 11.8 Å². The molecule has 1 aliphatic heterocycles. The van der Waals surface area contributed by atoms with Crippen LogP contribution in [0.5, 0.6) is 0 Å². The van der Waals surface area contributed by atoms with Crippen LogP contribution in [-0.2, 0) is 27.1 Å². The Morgan fingerprint density at radius 1 is 1.28 bits per heavy atom. The monoisotopic (exact) mass is 358 g/mol. The molecule has 25 heavy (non-hydrogen) atoms. The molecule has 0 bridgehead atoms. The number of rotatable bonds is 5. The maximum absolute atomic E-state index is 12.6. The second-order valence-corrected chi connectivity index (χ2v) is 5.96. The fourth-order valence-electron chi connectivity index (χ4n) is 2.68. The molecule has 1 aromatic rings. The highest BCUT2D eigenvalue weighted by atomic mass is 19.4. The number of carboxylic acid groups (broad SMARTS) is 1. The van der Waals surface area contributed by atoms with Gasteiger partial charge >= 0.3 is 12.1 Å². The van der Waals surface area contributed by atoms with E-state index in [-0.39, 0.29) is 25.4 Å². The van der Waals surface area contributed by atoms with Gasteiger partial charge in [-0.25, -0.2) is 0 Å². The summed E-state index contributed by atoms with van der Waals surface area (Å²) < 4.78 is 37.7. The largest absolute Gasteiger partial charge is 0.480 e. The molecular weight excluding hydrogens is 341 g/mol. The van der Waals surface area contributed by atoms with E-state index in [0.29, 0.717) is 5.56 Å². The van der Waals surface area contributed by atoms with Gasteiger partial charge in [0.05, 0.1) is 11.5 Å². The Bertz CT molecular complexity index is 673. The first-order chi connectivity index (χ1) is 11.6. The van der Waals surface area contributed by atoms with Crippen LogP contribution in [0.2, 0.25) is 0 Å². The maximum Gasteiger partial charge on any atom is 0.416 e. The zero-order chi connectivity index (χ0) is 18.8. The van der Waals surface area contributed by atoms with Gasteiger partial charge in [-0.3, -0.25) is 14.4 Å². The van der Waals surface area contributed by atoms with Crippen molar-refractivity contribution in [3.8, 4) is 0 Å². The summed E-state index contributed by atoms with van der Waals surface area (Å²) in [6, 6.07) is 4.17. The third-order valence-corrected chi connectivity index (χ3v) is 3.98. The van der Waals surface area contributed by atoms with E-state index < -0.39 is 36.1 Å². The van der Waals surface area contributed by atoms with Crippen molar-refractivity contribution in [1.82, 2.24) is 9.80 Å². The summed E-state index contributed by atoms with van der Waals surface area (Å²) in [4.78, 5) is 37.5. The molecule has 1 saturated heterocycles. The number of amides is 2. The topological polar surface area (TPSA) is 77.9 Å². The number of hydrogen-bond acceptors (Lipinski definition) is 3. The molecule has 1 unspecified atom stereocenters. The smallest absolute Gasteiger partial charge is 0.416 e. The van der Waals surface area contributed by atoms with Crippen LogP contribution >= 0.6 is 0 Å². The molecule has 2 amide bonds. The fraction of sp³-hybridized carbons (Fsp3) is 0.438. The van der Waals surface area contributed by atoms with Crippen LogP contribution in [0.3, 0.4) is 0 Å². The van der Waals surface area contributed by atoms with E-state index in [9.17, 15) is 27.6 Å². The minimum atomic E-state index is -4.47. The van der Waals surface area contributed by atoms with Gasteiger partial charge in [-0.2, -0.15) is 13.2 Å². The molecule has 0 saturated carbocycles. The highest BCUT2D eigenvalue weighted by Crippen LogP contribution is 2.29. The Labute approximate surface area is 141 Å². The van der Waals surface area contributed by atoms with Gasteiger partial charge < -0.3 is 14.9 Å². The fourth-order valence-corrected chi connectivity index (χ4v) is 2.68. The molecule has 0 aromatic heterocycles. The summed E-state index contributed by atoms with van der Waals surface area (Å²) in [5, 5.41) is 8.99. The van der Waals surface area contributed by atoms with E-state index in [1.54, 1.807) is 7.05 Å². The van der Waals surface area contributed by atoms with Gasteiger partial charge in [0, 0.05) is 26.6 Å². The normalized spacial score (nSPS) is 17.7. The standard InChI is InChI=1S/C16H17F3N2O4/c1-20-8-11(6-13(20)22)15(25)21(9-14(23)24)7-10-2-4-12(5-3-10)16(17,18)19/h2-5,11H,6-9H2,1H3,(H,23,24). The lowest BCUT2D eigenvalue weighted by Crippen LogP contribution is -2.40. The summed E-state index contributed by atoms with van der Waals surface area (Å²) in [6.07, 6.45) is -4.47. The van der Waals surface area contributed by atoms with Gasteiger partial charge in [-0.1, -0.05) is 12.1 Å². The van der Waals surface area contributed by atoms with Crippen molar-refractivity contribution in [2.24, 2.45) is 5.92 Å². The number of carboxylic acids is 1. The van der Waals surface area contributed by atoms with E-state index in [1.807, 2.05) is 0 Å². The zero-order valence-corrected chi connectivity index (χ0v) is 13.4. The third-order valence-electron chi connectivity index (χ3n) is 3.98. The van der Waals surface area contributed by atoms with Gasteiger partial charge in [0.1, 0.15) is 6.54 Å². The number of aliphatic carboxylic acids is 1. The summed E-state index contributed by atoms with van der Waals surface area (Å²) in [5.41, 5.74) is -0.448. The molecule has 9 heteroatoms. The molecule has 1 atom stereocenters. The first-order valence-electron chi connectivity index (χ1n) is 7.48. The molecular formula is C16H17F3N2O4. The minimum absolute atomic E-state index is 0.00152. The summed E-state index contributed by atoms with van der Waals surface area (Å²) in [7, 11) is 1.55. The van der Waals surface area contributed by atoms with Crippen molar-refractivity contribution >= 4 is 17.8 Å². The first-order valence-corrected chi connectivity index (χ1v) is 7.48. The Morgan fingerprint density at radius 2 is 1.88 bits per heavy atom. The zero-order valence-electron chi connectivity index (χ0n) is 13.4. The molecule has 0 spiro atoms. The van der Waals surface area contributed by atoms with Crippen LogP contribution in [-0.4, -0.2) is 52.8 Å². The Morgan fingerprint density at radius 3 is 2.32 bits per heavy atom. The lowest BCUT2D eigenvalue weighted by atomic mass is 10.1. The lowest BCUT2D eigenvalue weighted by Gasteiger charge is -2.24. The van der Waals surface area contributed by atoms with E-state index >= 15 is 0 Å². The average molecular weight is 358 g/mol. The number of nitrogens with zero attached hydrogens (tertiary/aromatic N) is 2. The number of hydrogen-bond donors (Lipinski definition) is 1. The number of halogens is 3. The van der Waals surface area contributed by atoms with Gasteiger partial charge in [-0.15, -0.1) is 0 Å². The minimum Gasteiger partial charge on any atom is -0.480 e. The highest BCUT2D eigenvalue weighted by Gasteiger charge is 2.35. The van der Waals surface area contributed by atoms with Crippen molar-refractivity contribution < 1.29 is 32.7 Å². The Kier molecular flexibility index (Phi) is 5.34. The van der Waals surface area contributed by atoms with Crippen LogP contribution in [0, 0.1) is 5.92 Å². The van der Waals surface area contributed by atoms with E-state index in [0.717, 1.165) is 17.0 Å². The Balaban J connectivity index is 2.13. The predicted octanol–water partition coefficient (Wildman–Crippen LogP) is 1.60. The van der Waals surface area contributed by atoms with Gasteiger partial charge in [0.25, 0.3) is 0 Å². The quantitative estimate of drug-likeness (QED) is 0.867. The number of carbonyl (C=O) groups excluding carboxylic acids is 2. The molecule has 1 aliphatic rings. The van der Waals surface area contributed by atoms with Crippen molar-refractivity contribution in [2.45, 2.75) is 19.1 Å². The molecule has 1 heterocycles. The van der Waals surface area contributed by atoms with E-state index in [4.69, 9.17) is 5.11 Å². The number of carbonyl (C=O) groups is 3. The van der Waals surface area contributed by atoms with Crippen LogP contribution < -0.4 is 0 Å². The van der Waals surface area contributed by atoms with Crippen molar-refractivity contribution in [2.75, 3.05) is 20.1 Å². The Hall–Kier alpha value is -2.58. The number of alkyl halides is 3. The second-order valence-electron chi connectivity index (χ2n) is 5.96.